The van der Waals surface area contributed by atoms with Gasteiger partial charge >= 0.3 is 5.97 Å². The maximum atomic E-state index is 14.7. The van der Waals surface area contributed by atoms with Gasteiger partial charge in [0.15, 0.2) is 0 Å². The van der Waals surface area contributed by atoms with E-state index >= 15 is 0 Å². The third-order valence-electron chi connectivity index (χ3n) is 15.9. The monoisotopic (exact) mass is 1060 g/mol. The lowest BCUT2D eigenvalue weighted by Gasteiger charge is -2.26. The smallest absolute Gasteiger partial charge is 0.343 e. The van der Waals surface area contributed by atoms with Crippen molar-refractivity contribution in [3.05, 3.63) is 145 Å². The van der Waals surface area contributed by atoms with Crippen molar-refractivity contribution in [3.8, 4) is 28.0 Å². The SMILES string of the molecule is CCCCC1=C(C)c2nc1cc1[nH]c(c(C)c1CCCC)c(-c1cc(C(C)(C)C)cc(C(C)(C)C)c1)c1[nH]c(cc3nc(c2-c2ccc(C(=O)Oc4c(F)c(F)c(F)c(F)c4F)cc2)C(C)=C3CCCC)c(CCCC)c1C. The molecule has 0 unspecified atom stereocenters. The summed E-state index contributed by atoms with van der Waals surface area (Å²) in [4.78, 5) is 32.9. The van der Waals surface area contributed by atoms with Crippen molar-refractivity contribution in [2.24, 2.45) is 0 Å². The number of esters is 1. The zero-order chi connectivity index (χ0) is 56.7. The van der Waals surface area contributed by atoms with E-state index in [2.05, 4.69) is 137 Å². The average molecular weight is 1070 g/mol. The van der Waals surface area contributed by atoms with E-state index in [1.807, 2.05) is 0 Å². The van der Waals surface area contributed by atoms with Crippen molar-refractivity contribution in [1.82, 2.24) is 19.9 Å². The fourth-order valence-corrected chi connectivity index (χ4v) is 11.0. The van der Waals surface area contributed by atoms with Gasteiger partial charge in [-0.05, 0) is 181 Å². The number of aryl methyl sites for hydroxylation is 4. The molecule has 8 rings (SSSR count). The molecular formula is C67H77F5N4O2. The zero-order valence-electron chi connectivity index (χ0n) is 48.3. The zero-order valence-corrected chi connectivity index (χ0v) is 48.3. The van der Waals surface area contributed by atoms with Crippen molar-refractivity contribution < 1.29 is 31.5 Å². The molecular weight excluding hydrogens is 988 g/mol. The molecule has 2 N–H and O–H groups in total. The number of carbonyl (C=O) groups is 1. The number of rotatable bonds is 16. The lowest BCUT2D eigenvalue weighted by Crippen LogP contribution is -2.16. The van der Waals surface area contributed by atoms with E-state index in [0.29, 0.717) is 5.56 Å². The maximum absolute atomic E-state index is 14.7. The molecule has 3 aromatic heterocycles. The maximum Gasteiger partial charge on any atom is 0.343 e. The lowest BCUT2D eigenvalue weighted by molar-refractivity contribution is 0.0716. The van der Waals surface area contributed by atoms with Crippen LogP contribution in [0.15, 0.2) is 54.6 Å². The van der Waals surface area contributed by atoms with Gasteiger partial charge in [0.2, 0.25) is 34.8 Å². The number of halogens is 5. The highest BCUT2D eigenvalue weighted by Gasteiger charge is 2.31. The summed E-state index contributed by atoms with van der Waals surface area (Å²) >= 11 is 0. The molecule has 5 heterocycles. The summed E-state index contributed by atoms with van der Waals surface area (Å²) in [5.74, 6) is -14.2. The minimum atomic E-state index is -2.35. The number of nitrogens with zero attached hydrogens (tertiary/aromatic N) is 2. The minimum absolute atomic E-state index is 0.122. The minimum Gasteiger partial charge on any atom is -0.416 e. The predicted molar refractivity (Wildman–Crippen MR) is 311 cm³/mol. The predicted octanol–water partition coefficient (Wildman–Crippen LogP) is 19.7. The second-order valence-corrected chi connectivity index (χ2v) is 23.6. The van der Waals surface area contributed by atoms with Crippen LogP contribution in [0.4, 0.5) is 22.0 Å². The Morgan fingerprint density at radius 1 is 0.513 bits per heavy atom. The molecule has 6 nitrogen and oxygen atoms in total. The molecule has 2 aliphatic heterocycles. The average Bonchev–Trinajstić information content (AvgIpc) is 4.12. The number of nitrogens with one attached hydrogen (secondary N) is 2. The molecule has 0 atom stereocenters. The van der Waals surface area contributed by atoms with Crippen LogP contribution < -0.4 is 4.74 Å². The molecule has 8 bridgehead atoms. The second kappa shape index (κ2) is 23.0. The number of hydrogen-bond donors (Lipinski definition) is 2. The summed E-state index contributed by atoms with van der Waals surface area (Å²) in [6, 6.07) is 17.9. The number of fused-ring (bicyclic) bond motifs is 8. The Morgan fingerprint density at radius 2 is 0.910 bits per heavy atom. The molecule has 0 fully saturated rings. The van der Waals surface area contributed by atoms with Gasteiger partial charge in [0.25, 0.3) is 0 Å². The van der Waals surface area contributed by atoms with Crippen molar-refractivity contribution in [2.75, 3.05) is 0 Å². The third kappa shape index (κ3) is 11.0. The number of allylic oxidation sites excluding steroid dienone is 4. The molecule has 11 heteroatoms. The van der Waals surface area contributed by atoms with Crippen LogP contribution in [0.3, 0.4) is 0 Å². The molecule has 6 aromatic rings. The second-order valence-electron chi connectivity index (χ2n) is 23.6. The third-order valence-corrected chi connectivity index (χ3v) is 15.9. The largest absolute Gasteiger partial charge is 0.416 e. The van der Waals surface area contributed by atoms with E-state index in [0.717, 1.165) is 161 Å². The van der Waals surface area contributed by atoms with Gasteiger partial charge in [-0.2, -0.15) is 8.78 Å². The van der Waals surface area contributed by atoms with Gasteiger partial charge in [0.1, 0.15) is 0 Å². The molecule has 0 radical (unpaired) electrons. The van der Waals surface area contributed by atoms with E-state index in [4.69, 9.17) is 14.7 Å². The first kappa shape index (κ1) is 57.6. The highest BCUT2D eigenvalue weighted by Crippen LogP contribution is 2.46. The fraction of sp³-hybridized carbons (Fsp3) is 0.418. The highest BCUT2D eigenvalue weighted by molar-refractivity contribution is 6.04. The van der Waals surface area contributed by atoms with E-state index < -0.39 is 40.8 Å². The fourth-order valence-electron chi connectivity index (χ4n) is 11.0. The number of benzene rings is 3. The molecule has 0 saturated heterocycles. The topological polar surface area (TPSA) is 83.7 Å². The van der Waals surface area contributed by atoms with Crippen molar-refractivity contribution in [2.45, 2.75) is 185 Å². The Balaban J connectivity index is 1.54. The van der Waals surface area contributed by atoms with E-state index in [-0.39, 0.29) is 16.4 Å². The van der Waals surface area contributed by atoms with Crippen molar-refractivity contribution in [1.29, 1.82) is 0 Å². The highest BCUT2D eigenvalue weighted by atomic mass is 19.2. The van der Waals surface area contributed by atoms with Gasteiger partial charge < -0.3 is 14.7 Å². The molecule has 412 valence electrons. The van der Waals surface area contributed by atoms with Gasteiger partial charge in [0, 0.05) is 22.2 Å². The van der Waals surface area contributed by atoms with E-state index in [1.54, 1.807) is 12.1 Å². The molecule has 78 heavy (non-hydrogen) atoms. The summed E-state index contributed by atoms with van der Waals surface area (Å²) in [7, 11) is 0. The van der Waals surface area contributed by atoms with Gasteiger partial charge in [-0.25, -0.2) is 27.9 Å². The molecule has 0 amide bonds. The number of aromatic nitrogens is 4. The molecule has 0 aliphatic carbocycles. The Labute approximate surface area is 458 Å². The van der Waals surface area contributed by atoms with E-state index in [9.17, 15) is 26.7 Å². The standard InChI is InChI=1S/C67H77F5N4O2/c1-15-19-23-45-36(5)60-53(40-27-29-41(30-28-40)65(77)78-64-58(71)56(69)55(68)57(70)59(64)72)61-37(6)46(24-20-16-2)50(74-61)35-52-48(26-22-18-4)39(8)63(76-52)54(42-31-43(66(9,10)11)33-44(32-42)67(12,13)14)62-38(7)47(25-21-17-3)51(75-62)34-49(45)73-60/h27-35,75-76H,15-26H2,1-14H3. The van der Waals surface area contributed by atoms with Crippen LogP contribution in [0.25, 0.3) is 66.6 Å². The van der Waals surface area contributed by atoms with Crippen LogP contribution in [-0.4, -0.2) is 25.9 Å². The summed E-state index contributed by atoms with van der Waals surface area (Å²) in [6.07, 6.45) is 11.1. The van der Waals surface area contributed by atoms with Crippen LogP contribution in [0.2, 0.25) is 0 Å². The quantitative estimate of drug-likeness (QED) is 0.0333. The van der Waals surface area contributed by atoms with Crippen molar-refractivity contribution in [3.63, 3.8) is 0 Å². The summed E-state index contributed by atoms with van der Waals surface area (Å²) in [6.45, 7) is 31.3. The Hall–Kier alpha value is -6.62. The van der Waals surface area contributed by atoms with Crippen LogP contribution in [0.1, 0.15) is 214 Å². The number of hydrogen-bond acceptors (Lipinski definition) is 4. The van der Waals surface area contributed by atoms with Crippen LogP contribution in [0.5, 0.6) is 5.75 Å². The van der Waals surface area contributed by atoms with Gasteiger partial charge in [-0.15, -0.1) is 0 Å². The van der Waals surface area contributed by atoms with E-state index in [1.165, 1.54) is 45.5 Å². The number of aromatic amines is 2. The van der Waals surface area contributed by atoms with Gasteiger partial charge in [-0.1, -0.05) is 125 Å². The van der Waals surface area contributed by atoms with Crippen LogP contribution >= 0.6 is 0 Å². The Bertz CT molecular complexity index is 3370. The van der Waals surface area contributed by atoms with Crippen molar-refractivity contribution >= 4 is 50.3 Å². The number of carbonyl (C=O) groups excluding carboxylic acids is 1. The molecule has 0 saturated carbocycles. The number of unbranched alkanes of at least 4 members (excludes halogenated alkanes) is 4. The Kier molecular flexibility index (Phi) is 17.0. The van der Waals surface area contributed by atoms with Crippen LogP contribution in [-0.2, 0) is 23.7 Å². The Morgan fingerprint density at radius 3 is 1.31 bits per heavy atom. The first-order chi connectivity index (χ1) is 36.9. The number of H-pyrrole nitrogens is 2. The molecule has 3 aromatic carbocycles. The first-order valence-corrected chi connectivity index (χ1v) is 28.2. The molecule has 0 spiro atoms. The first-order valence-electron chi connectivity index (χ1n) is 28.2. The number of ether oxygens (including phenoxy) is 1. The summed E-state index contributed by atoms with van der Waals surface area (Å²) < 4.78 is 76.6. The summed E-state index contributed by atoms with van der Waals surface area (Å²) in [5, 5.41) is 0. The lowest BCUT2D eigenvalue weighted by atomic mass is 9.78. The normalized spacial score (nSPS) is 13.1. The van der Waals surface area contributed by atoms with Gasteiger partial charge in [0.05, 0.1) is 39.4 Å². The van der Waals surface area contributed by atoms with Gasteiger partial charge in [-0.3, -0.25) is 0 Å². The molecule has 2 aliphatic rings. The summed E-state index contributed by atoms with van der Waals surface area (Å²) in [5.41, 5.74) is 22.3. The van der Waals surface area contributed by atoms with Crippen LogP contribution in [0, 0.1) is 42.9 Å².